The van der Waals surface area contributed by atoms with Crippen molar-refractivity contribution >= 4 is 40.5 Å². The number of nitrogens with zero attached hydrogens (tertiary/aromatic N) is 1. The summed E-state index contributed by atoms with van der Waals surface area (Å²) >= 11 is 2.20. The third kappa shape index (κ3) is 4.07. The van der Waals surface area contributed by atoms with Crippen molar-refractivity contribution in [2.45, 2.75) is 13.8 Å². The van der Waals surface area contributed by atoms with Crippen LogP contribution in [0.5, 0.6) is 5.75 Å². The molecule has 22 heavy (non-hydrogen) atoms. The van der Waals surface area contributed by atoms with Gasteiger partial charge in [0.2, 0.25) is 0 Å². The Kier molecular flexibility index (Phi) is 5.54. The van der Waals surface area contributed by atoms with Gasteiger partial charge in [-0.05, 0) is 78.4 Å². The molecule has 114 valence electrons. The van der Waals surface area contributed by atoms with Crippen molar-refractivity contribution in [3.8, 4) is 5.75 Å². The van der Waals surface area contributed by atoms with Gasteiger partial charge < -0.3 is 9.84 Å². The summed E-state index contributed by atoms with van der Waals surface area (Å²) in [6, 6.07) is 10.6. The van der Waals surface area contributed by atoms with Gasteiger partial charge in [0.05, 0.1) is 17.9 Å². The summed E-state index contributed by atoms with van der Waals surface area (Å²) in [7, 11) is 0. The number of benzene rings is 2. The smallest absolute Gasteiger partial charge is 0.338 e. The Morgan fingerprint density at radius 2 is 2.00 bits per heavy atom. The lowest BCUT2D eigenvalue weighted by atomic mass is 10.1. The van der Waals surface area contributed by atoms with E-state index in [1.807, 2.05) is 19.1 Å². The highest BCUT2D eigenvalue weighted by Gasteiger charge is 2.06. The number of hydrogen-bond donors (Lipinski definition) is 1. The third-order valence-electron chi connectivity index (χ3n) is 3.03. The number of aromatic hydroxyl groups is 1. The SMILES string of the molecule is CCOC(=O)c1ccc(N=Cc2cc(I)cc(C)c2O)cc1. The van der Waals surface area contributed by atoms with Crippen LogP contribution in [0, 0.1) is 10.5 Å². The molecule has 2 aromatic carbocycles. The molecule has 0 fully saturated rings. The Labute approximate surface area is 143 Å². The van der Waals surface area contributed by atoms with Gasteiger partial charge in [0.25, 0.3) is 0 Å². The van der Waals surface area contributed by atoms with E-state index in [1.54, 1.807) is 37.4 Å². The van der Waals surface area contributed by atoms with Crippen LogP contribution in [0.1, 0.15) is 28.4 Å². The average molecular weight is 409 g/mol. The Hall–Kier alpha value is -1.89. The van der Waals surface area contributed by atoms with Gasteiger partial charge in [0.1, 0.15) is 5.75 Å². The third-order valence-corrected chi connectivity index (χ3v) is 3.65. The van der Waals surface area contributed by atoms with Crippen molar-refractivity contribution in [3.05, 3.63) is 56.7 Å². The van der Waals surface area contributed by atoms with E-state index < -0.39 is 0 Å². The lowest BCUT2D eigenvalue weighted by Gasteiger charge is -2.04. The summed E-state index contributed by atoms with van der Waals surface area (Å²) in [4.78, 5) is 15.9. The maximum atomic E-state index is 11.6. The highest BCUT2D eigenvalue weighted by Crippen LogP contribution is 2.24. The normalized spacial score (nSPS) is 10.9. The van der Waals surface area contributed by atoms with Crippen molar-refractivity contribution < 1.29 is 14.6 Å². The second-order valence-electron chi connectivity index (χ2n) is 4.69. The van der Waals surface area contributed by atoms with Crippen LogP contribution in [0.3, 0.4) is 0 Å². The summed E-state index contributed by atoms with van der Waals surface area (Å²) < 4.78 is 5.96. The molecule has 2 aromatic rings. The van der Waals surface area contributed by atoms with Gasteiger partial charge in [0, 0.05) is 15.3 Å². The van der Waals surface area contributed by atoms with Crippen molar-refractivity contribution in [2.75, 3.05) is 6.61 Å². The van der Waals surface area contributed by atoms with Crippen molar-refractivity contribution in [3.63, 3.8) is 0 Å². The van der Waals surface area contributed by atoms with Crippen LogP contribution in [0.4, 0.5) is 5.69 Å². The number of phenols is 1. The summed E-state index contributed by atoms with van der Waals surface area (Å²) in [5, 5.41) is 10.0. The number of rotatable bonds is 4. The lowest BCUT2D eigenvalue weighted by Crippen LogP contribution is -2.03. The molecule has 0 unspecified atom stereocenters. The topological polar surface area (TPSA) is 58.9 Å². The Morgan fingerprint density at radius 1 is 1.32 bits per heavy atom. The molecule has 0 amide bonds. The molecule has 1 N–H and O–H groups in total. The van der Waals surface area contributed by atoms with Crippen molar-refractivity contribution in [1.82, 2.24) is 0 Å². The van der Waals surface area contributed by atoms with Gasteiger partial charge in [-0.15, -0.1) is 0 Å². The maximum Gasteiger partial charge on any atom is 0.338 e. The maximum absolute atomic E-state index is 11.6. The fourth-order valence-electron chi connectivity index (χ4n) is 1.90. The highest BCUT2D eigenvalue weighted by molar-refractivity contribution is 14.1. The van der Waals surface area contributed by atoms with Gasteiger partial charge in [-0.3, -0.25) is 4.99 Å². The molecule has 0 aromatic heterocycles. The number of ether oxygens (including phenoxy) is 1. The average Bonchev–Trinajstić information content (AvgIpc) is 2.50. The minimum Gasteiger partial charge on any atom is -0.507 e. The van der Waals surface area contributed by atoms with Gasteiger partial charge >= 0.3 is 5.97 Å². The standard InChI is InChI=1S/C17H16INO3/c1-3-22-17(21)12-4-6-15(7-5-12)19-10-13-9-14(18)8-11(2)16(13)20/h4-10,20H,3H2,1-2H3. The Balaban J connectivity index is 2.19. The quantitative estimate of drug-likeness (QED) is 0.467. The second kappa shape index (κ2) is 7.40. The van der Waals surface area contributed by atoms with E-state index in [2.05, 4.69) is 27.6 Å². The van der Waals surface area contributed by atoms with Gasteiger partial charge in [-0.25, -0.2) is 4.79 Å². The van der Waals surface area contributed by atoms with Gasteiger partial charge in [-0.2, -0.15) is 0 Å². The van der Waals surface area contributed by atoms with Crippen LogP contribution in [-0.4, -0.2) is 23.9 Å². The predicted molar refractivity (Wildman–Crippen MR) is 95.2 cm³/mol. The molecule has 5 heteroatoms. The number of esters is 1. The zero-order valence-corrected chi connectivity index (χ0v) is 14.5. The number of aliphatic imine (C=N–C) groups is 1. The first-order valence-electron chi connectivity index (χ1n) is 6.81. The minimum absolute atomic E-state index is 0.229. The van der Waals surface area contributed by atoms with Crippen LogP contribution in [0.25, 0.3) is 0 Å². The molecule has 0 aliphatic rings. The van der Waals surface area contributed by atoms with E-state index in [9.17, 15) is 9.90 Å². The zero-order chi connectivity index (χ0) is 16.1. The van der Waals surface area contributed by atoms with Crippen LogP contribution < -0.4 is 0 Å². The molecule has 0 heterocycles. The molecule has 0 radical (unpaired) electrons. The first-order valence-corrected chi connectivity index (χ1v) is 7.89. The van der Waals surface area contributed by atoms with E-state index in [0.29, 0.717) is 23.4 Å². The second-order valence-corrected chi connectivity index (χ2v) is 5.93. The number of carbonyl (C=O) groups excluding carboxylic acids is 1. The summed E-state index contributed by atoms with van der Waals surface area (Å²) in [6.07, 6.45) is 1.61. The van der Waals surface area contributed by atoms with Crippen LogP contribution in [0.15, 0.2) is 41.4 Å². The summed E-state index contributed by atoms with van der Waals surface area (Å²) in [5.41, 5.74) is 2.67. The molecule has 0 aliphatic heterocycles. The number of phenolic OH excluding ortho intramolecular Hbond substituents is 1. The van der Waals surface area contributed by atoms with Crippen LogP contribution >= 0.6 is 22.6 Å². The molecule has 0 spiro atoms. The highest BCUT2D eigenvalue weighted by atomic mass is 127. The zero-order valence-electron chi connectivity index (χ0n) is 12.3. The molecular weight excluding hydrogens is 393 g/mol. The fourth-order valence-corrected chi connectivity index (χ4v) is 2.70. The lowest BCUT2D eigenvalue weighted by molar-refractivity contribution is 0.0526. The van der Waals surface area contributed by atoms with E-state index >= 15 is 0 Å². The van der Waals surface area contributed by atoms with Gasteiger partial charge in [0.15, 0.2) is 0 Å². The molecular formula is C17H16INO3. The van der Waals surface area contributed by atoms with Crippen molar-refractivity contribution in [2.24, 2.45) is 4.99 Å². The van der Waals surface area contributed by atoms with E-state index in [0.717, 1.165) is 9.13 Å². The van der Waals surface area contributed by atoms with Crippen LogP contribution in [-0.2, 0) is 4.74 Å². The molecule has 0 bridgehead atoms. The molecule has 0 atom stereocenters. The van der Waals surface area contributed by atoms with Crippen molar-refractivity contribution in [1.29, 1.82) is 0 Å². The number of hydrogen-bond acceptors (Lipinski definition) is 4. The first kappa shape index (κ1) is 16.5. The number of carbonyl (C=O) groups is 1. The summed E-state index contributed by atoms with van der Waals surface area (Å²) in [5.74, 6) is -0.115. The Morgan fingerprint density at radius 3 is 2.64 bits per heavy atom. The number of halogens is 1. The predicted octanol–water partition coefficient (Wildman–Crippen LogP) is 4.23. The largest absolute Gasteiger partial charge is 0.507 e. The Bertz CT molecular complexity index is 709. The summed E-state index contributed by atoms with van der Waals surface area (Å²) in [6.45, 7) is 3.97. The van der Waals surface area contributed by atoms with Gasteiger partial charge in [-0.1, -0.05) is 0 Å². The molecule has 0 saturated heterocycles. The van der Waals surface area contributed by atoms with E-state index in [-0.39, 0.29) is 11.7 Å². The monoisotopic (exact) mass is 409 g/mol. The van der Waals surface area contributed by atoms with E-state index in [1.165, 1.54) is 0 Å². The molecule has 0 saturated carbocycles. The minimum atomic E-state index is -0.344. The fraction of sp³-hybridized carbons (Fsp3) is 0.176. The molecule has 0 aliphatic carbocycles. The first-order chi connectivity index (χ1) is 10.5. The van der Waals surface area contributed by atoms with E-state index in [4.69, 9.17) is 4.74 Å². The number of aryl methyl sites for hydroxylation is 1. The molecule has 4 nitrogen and oxygen atoms in total. The molecule has 2 rings (SSSR count). The van der Waals surface area contributed by atoms with Crippen LogP contribution in [0.2, 0.25) is 0 Å².